The first kappa shape index (κ1) is 16.7. The monoisotopic (exact) mass is 308 g/mol. The van der Waals surface area contributed by atoms with Gasteiger partial charge in [-0.15, -0.1) is 0 Å². The highest BCUT2D eigenvalue weighted by Crippen LogP contribution is 2.21. The van der Waals surface area contributed by atoms with Crippen LogP contribution in [0, 0.1) is 0 Å². The van der Waals surface area contributed by atoms with Crippen molar-refractivity contribution in [2.24, 2.45) is 0 Å². The van der Waals surface area contributed by atoms with E-state index in [0.29, 0.717) is 18.6 Å². The lowest BCUT2D eigenvalue weighted by molar-refractivity contribution is -0.142. The highest BCUT2D eigenvalue weighted by molar-refractivity contribution is 6.08. The maximum Gasteiger partial charge on any atom is 0.306 e. The number of hydrogen-bond acceptors (Lipinski definition) is 3. The molecule has 0 aromatic heterocycles. The number of carbonyl (C=O) groups is 2. The Kier molecular flexibility index (Phi) is 6.30. The molecule has 0 spiro atoms. The number of ether oxygens (including phenoxy) is 1. The molecule has 0 heterocycles. The fraction of sp³-hybridized carbons (Fsp3) is 0.200. The van der Waals surface area contributed by atoms with Crippen molar-refractivity contribution in [1.29, 1.82) is 0 Å². The molecule has 3 nitrogen and oxygen atoms in total. The molecule has 0 saturated heterocycles. The van der Waals surface area contributed by atoms with E-state index in [0.717, 1.165) is 11.1 Å². The van der Waals surface area contributed by atoms with Crippen molar-refractivity contribution in [2.75, 3.05) is 6.61 Å². The van der Waals surface area contributed by atoms with E-state index in [9.17, 15) is 9.59 Å². The molecule has 2 aromatic carbocycles. The number of ketones is 1. The van der Waals surface area contributed by atoms with Gasteiger partial charge in [0.1, 0.15) is 0 Å². The van der Waals surface area contributed by atoms with Crippen molar-refractivity contribution in [1.82, 2.24) is 0 Å². The van der Waals surface area contributed by atoms with Gasteiger partial charge in [-0.25, -0.2) is 0 Å². The second kappa shape index (κ2) is 8.69. The first-order valence-corrected chi connectivity index (χ1v) is 7.71. The van der Waals surface area contributed by atoms with E-state index in [-0.39, 0.29) is 18.2 Å². The third-order valence-electron chi connectivity index (χ3n) is 3.41. The van der Waals surface area contributed by atoms with Gasteiger partial charge in [0.05, 0.1) is 6.61 Å². The minimum atomic E-state index is -0.249. The van der Waals surface area contributed by atoms with Crippen LogP contribution in [0.3, 0.4) is 0 Å². The molecule has 0 aliphatic carbocycles. The van der Waals surface area contributed by atoms with Gasteiger partial charge in [-0.05, 0) is 30.6 Å². The molecule has 3 heteroatoms. The van der Waals surface area contributed by atoms with E-state index in [2.05, 4.69) is 0 Å². The highest BCUT2D eigenvalue weighted by Gasteiger charge is 2.10. The topological polar surface area (TPSA) is 43.4 Å². The van der Waals surface area contributed by atoms with Gasteiger partial charge in [0, 0.05) is 12.0 Å². The summed E-state index contributed by atoms with van der Waals surface area (Å²) in [5.74, 6) is -0.310. The van der Waals surface area contributed by atoms with E-state index in [1.165, 1.54) is 0 Å². The van der Waals surface area contributed by atoms with Gasteiger partial charge >= 0.3 is 5.97 Å². The van der Waals surface area contributed by atoms with Crippen LogP contribution in [0.4, 0.5) is 0 Å². The number of rotatable bonds is 7. The largest absolute Gasteiger partial charge is 0.466 e. The fourth-order valence-electron chi connectivity index (χ4n) is 2.27. The van der Waals surface area contributed by atoms with Crippen LogP contribution < -0.4 is 0 Å². The molecule has 0 amide bonds. The van der Waals surface area contributed by atoms with Gasteiger partial charge in [-0.2, -0.15) is 0 Å². The zero-order valence-corrected chi connectivity index (χ0v) is 13.2. The molecular formula is C20H20O3. The number of benzene rings is 2. The van der Waals surface area contributed by atoms with Crippen LogP contribution in [0.5, 0.6) is 0 Å². The van der Waals surface area contributed by atoms with Crippen LogP contribution in [0.2, 0.25) is 0 Å². The predicted octanol–water partition coefficient (Wildman–Crippen LogP) is 4.30. The fourth-order valence-corrected chi connectivity index (χ4v) is 2.27. The molecule has 0 saturated carbocycles. The first-order valence-electron chi connectivity index (χ1n) is 7.71. The highest BCUT2D eigenvalue weighted by atomic mass is 16.5. The Labute approximate surface area is 136 Å². The zero-order valence-electron chi connectivity index (χ0n) is 13.2. The Morgan fingerprint density at radius 2 is 1.43 bits per heavy atom. The maximum absolute atomic E-state index is 12.4. The van der Waals surface area contributed by atoms with Crippen molar-refractivity contribution >= 4 is 17.3 Å². The summed E-state index contributed by atoms with van der Waals surface area (Å²) in [6.07, 6.45) is 2.35. The van der Waals surface area contributed by atoms with Gasteiger partial charge in [-0.1, -0.05) is 60.7 Å². The smallest absolute Gasteiger partial charge is 0.306 e. The molecule has 0 radical (unpaired) electrons. The molecule has 0 N–H and O–H groups in total. The van der Waals surface area contributed by atoms with Crippen LogP contribution in [-0.2, 0) is 9.53 Å². The molecular weight excluding hydrogens is 288 g/mol. The van der Waals surface area contributed by atoms with Crippen LogP contribution in [0.25, 0.3) is 5.57 Å². The Morgan fingerprint density at radius 3 is 2.00 bits per heavy atom. The zero-order chi connectivity index (χ0) is 16.5. The van der Waals surface area contributed by atoms with E-state index in [1.807, 2.05) is 48.5 Å². The molecule has 23 heavy (non-hydrogen) atoms. The van der Waals surface area contributed by atoms with Gasteiger partial charge in [0.25, 0.3) is 0 Å². The molecule has 0 atom stereocenters. The summed E-state index contributed by atoms with van der Waals surface area (Å²) in [6.45, 7) is 2.15. The molecule has 0 fully saturated rings. The van der Waals surface area contributed by atoms with E-state index in [4.69, 9.17) is 4.74 Å². The van der Waals surface area contributed by atoms with Gasteiger partial charge in [0.15, 0.2) is 5.78 Å². The van der Waals surface area contributed by atoms with Gasteiger partial charge < -0.3 is 4.74 Å². The lowest BCUT2D eigenvalue weighted by Gasteiger charge is -2.08. The number of esters is 1. The van der Waals surface area contributed by atoms with E-state index < -0.39 is 0 Å². The summed E-state index contributed by atoms with van der Waals surface area (Å²) in [7, 11) is 0. The average Bonchev–Trinajstić information content (AvgIpc) is 2.60. The van der Waals surface area contributed by atoms with Crippen LogP contribution in [0.15, 0.2) is 66.7 Å². The summed E-state index contributed by atoms with van der Waals surface area (Å²) in [5, 5.41) is 0. The third kappa shape index (κ3) is 5.22. The summed E-state index contributed by atoms with van der Waals surface area (Å²) in [4.78, 5) is 24.0. The molecule has 0 unspecified atom stereocenters. The molecule has 2 aromatic rings. The number of allylic oxidation sites excluding steroid dienone is 2. The van der Waals surface area contributed by atoms with Gasteiger partial charge in [-0.3, -0.25) is 9.59 Å². The van der Waals surface area contributed by atoms with Gasteiger partial charge in [0.2, 0.25) is 0 Å². The lowest BCUT2D eigenvalue weighted by Crippen LogP contribution is -2.04. The lowest BCUT2D eigenvalue weighted by atomic mass is 9.98. The minimum absolute atomic E-state index is 0.0617. The quantitative estimate of drug-likeness (QED) is 0.435. The van der Waals surface area contributed by atoms with Crippen molar-refractivity contribution in [3.63, 3.8) is 0 Å². The standard InChI is InChI=1S/C20H20O3/c1-2-23-20(22)14-13-18(16-9-5-3-6-10-16)15-19(21)17-11-7-4-8-12-17/h3-12,15H,2,13-14H2,1H3/b18-15-. The predicted molar refractivity (Wildman–Crippen MR) is 91.1 cm³/mol. The van der Waals surface area contributed by atoms with Crippen molar-refractivity contribution in [3.8, 4) is 0 Å². The second-order valence-corrected chi connectivity index (χ2v) is 5.07. The van der Waals surface area contributed by atoms with Crippen LogP contribution >= 0.6 is 0 Å². The Hall–Kier alpha value is -2.68. The maximum atomic E-state index is 12.4. The summed E-state index contributed by atoms with van der Waals surface area (Å²) >= 11 is 0. The number of hydrogen-bond donors (Lipinski definition) is 0. The summed E-state index contributed by atoms with van der Waals surface area (Å²) in [5.41, 5.74) is 2.42. The Balaban J connectivity index is 2.21. The molecule has 2 rings (SSSR count). The molecule has 0 bridgehead atoms. The van der Waals surface area contributed by atoms with E-state index in [1.54, 1.807) is 25.1 Å². The Morgan fingerprint density at radius 1 is 0.870 bits per heavy atom. The summed E-state index contributed by atoms with van der Waals surface area (Å²) in [6, 6.07) is 18.7. The SMILES string of the molecule is CCOC(=O)CC/C(=C/C(=O)c1ccccc1)c1ccccc1. The van der Waals surface area contributed by atoms with Crippen molar-refractivity contribution < 1.29 is 14.3 Å². The second-order valence-electron chi connectivity index (χ2n) is 5.07. The normalized spacial score (nSPS) is 11.1. The molecule has 0 aliphatic heterocycles. The third-order valence-corrected chi connectivity index (χ3v) is 3.41. The average molecular weight is 308 g/mol. The Bertz CT molecular complexity index is 673. The minimum Gasteiger partial charge on any atom is -0.466 e. The summed E-state index contributed by atoms with van der Waals surface area (Å²) < 4.78 is 4.97. The van der Waals surface area contributed by atoms with Crippen LogP contribution in [-0.4, -0.2) is 18.4 Å². The van der Waals surface area contributed by atoms with E-state index >= 15 is 0 Å². The van der Waals surface area contributed by atoms with Crippen LogP contribution in [0.1, 0.15) is 35.7 Å². The number of carbonyl (C=O) groups excluding carboxylic acids is 2. The van der Waals surface area contributed by atoms with Crippen molar-refractivity contribution in [2.45, 2.75) is 19.8 Å². The first-order chi connectivity index (χ1) is 11.2. The van der Waals surface area contributed by atoms with Crippen molar-refractivity contribution in [3.05, 3.63) is 77.9 Å². The molecule has 0 aliphatic rings. The molecule has 118 valence electrons.